The topological polar surface area (TPSA) is 75.3 Å². The molecule has 0 aliphatic rings. The smallest absolute Gasteiger partial charge is 0.146 e. The third-order valence-electron chi connectivity index (χ3n) is 4.20. The maximum atomic E-state index is 9.67. The van der Waals surface area contributed by atoms with E-state index in [9.17, 15) is 5.11 Å². The second-order valence-corrected chi connectivity index (χ2v) is 8.17. The Morgan fingerprint density at radius 2 is 1.91 bits per heavy atom. The van der Waals surface area contributed by atoms with E-state index in [0.717, 1.165) is 10.2 Å². The zero-order valence-electron chi connectivity index (χ0n) is 14.3. The monoisotopic (exact) mass is 322 g/mol. The van der Waals surface area contributed by atoms with Crippen molar-refractivity contribution in [3.8, 4) is 0 Å². The molecule has 2 aromatic heterocycles. The molecule has 0 saturated heterocycles. The molecule has 0 aromatic carbocycles. The van der Waals surface area contributed by atoms with Gasteiger partial charge >= 0.3 is 0 Å². The minimum absolute atomic E-state index is 0.0186. The molecule has 5 nitrogen and oxygen atoms in total. The van der Waals surface area contributed by atoms with Crippen molar-refractivity contribution < 1.29 is 5.11 Å². The lowest BCUT2D eigenvalue weighted by Gasteiger charge is -2.36. The van der Waals surface area contributed by atoms with Crippen molar-refractivity contribution in [2.45, 2.75) is 47.2 Å². The van der Waals surface area contributed by atoms with Gasteiger partial charge in [-0.3, -0.25) is 4.90 Å². The minimum atomic E-state index is -0.0186. The number of hydrogen-bond donors (Lipinski definition) is 2. The number of aryl methyl sites for hydroxylation is 2. The van der Waals surface area contributed by atoms with Crippen molar-refractivity contribution in [1.29, 1.82) is 0 Å². The van der Waals surface area contributed by atoms with E-state index in [-0.39, 0.29) is 18.1 Å². The second-order valence-electron chi connectivity index (χ2n) is 6.97. The SMILES string of the molecule is Cc1sc2nc(CN(C)C(CO)C(C)(C)C)nc(N)c2c1C. The highest BCUT2D eigenvalue weighted by Crippen LogP contribution is 2.32. The summed E-state index contributed by atoms with van der Waals surface area (Å²) in [5.74, 6) is 1.25. The van der Waals surface area contributed by atoms with Crippen LogP contribution < -0.4 is 5.73 Å². The molecule has 0 amide bonds. The van der Waals surface area contributed by atoms with Crippen LogP contribution in [-0.4, -0.2) is 39.7 Å². The van der Waals surface area contributed by atoms with Crippen LogP contribution in [-0.2, 0) is 6.54 Å². The molecule has 2 aromatic rings. The summed E-state index contributed by atoms with van der Waals surface area (Å²) in [6.07, 6.45) is 0. The average molecular weight is 322 g/mol. The van der Waals surface area contributed by atoms with Gasteiger partial charge in [-0.2, -0.15) is 0 Å². The molecular weight excluding hydrogens is 296 g/mol. The van der Waals surface area contributed by atoms with Gasteiger partial charge in [0, 0.05) is 10.9 Å². The number of rotatable bonds is 4. The fourth-order valence-corrected chi connectivity index (χ4v) is 3.86. The van der Waals surface area contributed by atoms with Crippen molar-refractivity contribution in [2.75, 3.05) is 19.4 Å². The van der Waals surface area contributed by atoms with Crippen LogP contribution in [0.1, 0.15) is 37.0 Å². The number of nitrogens with two attached hydrogens (primary N) is 1. The quantitative estimate of drug-likeness (QED) is 0.905. The summed E-state index contributed by atoms with van der Waals surface area (Å²) < 4.78 is 0. The summed E-state index contributed by atoms with van der Waals surface area (Å²) in [7, 11) is 1.99. The Bertz CT molecular complexity index is 675. The Morgan fingerprint density at radius 3 is 2.45 bits per heavy atom. The molecule has 0 aliphatic carbocycles. The summed E-state index contributed by atoms with van der Waals surface area (Å²) in [5.41, 5.74) is 7.28. The van der Waals surface area contributed by atoms with Crippen molar-refractivity contribution >= 4 is 27.4 Å². The first-order valence-corrected chi connectivity index (χ1v) is 8.30. The Kier molecular flexibility index (Phi) is 4.75. The number of hydrogen-bond acceptors (Lipinski definition) is 6. The highest BCUT2D eigenvalue weighted by molar-refractivity contribution is 7.18. The lowest BCUT2D eigenvalue weighted by molar-refractivity contribution is 0.0599. The van der Waals surface area contributed by atoms with E-state index in [2.05, 4.69) is 49.5 Å². The van der Waals surface area contributed by atoms with E-state index in [1.807, 2.05) is 7.05 Å². The van der Waals surface area contributed by atoms with E-state index in [1.165, 1.54) is 10.4 Å². The van der Waals surface area contributed by atoms with Crippen LogP contribution in [0.15, 0.2) is 0 Å². The molecule has 1 unspecified atom stereocenters. The predicted molar refractivity (Wildman–Crippen MR) is 93.1 cm³/mol. The molecule has 0 bridgehead atoms. The van der Waals surface area contributed by atoms with Crippen LogP contribution in [0.4, 0.5) is 5.82 Å². The third kappa shape index (κ3) is 3.24. The van der Waals surface area contributed by atoms with Gasteiger partial charge in [0.05, 0.1) is 18.5 Å². The number of nitrogens with zero attached hydrogens (tertiary/aromatic N) is 3. The molecule has 0 aliphatic heterocycles. The molecule has 0 radical (unpaired) electrons. The first-order chi connectivity index (χ1) is 10.1. The van der Waals surface area contributed by atoms with Gasteiger partial charge in [-0.05, 0) is 31.9 Å². The van der Waals surface area contributed by atoms with Crippen molar-refractivity contribution in [1.82, 2.24) is 14.9 Å². The molecular formula is C16H26N4OS. The summed E-state index contributed by atoms with van der Waals surface area (Å²) in [4.78, 5) is 13.4. The van der Waals surface area contributed by atoms with Crippen molar-refractivity contribution in [3.05, 3.63) is 16.3 Å². The first-order valence-electron chi connectivity index (χ1n) is 7.48. The molecule has 0 spiro atoms. The van der Waals surface area contributed by atoms with Gasteiger partial charge in [0.1, 0.15) is 16.5 Å². The van der Waals surface area contributed by atoms with Gasteiger partial charge < -0.3 is 10.8 Å². The molecule has 6 heteroatoms. The normalized spacial score (nSPS) is 14.0. The molecule has 2 rings (SSSR count). The van der Waals surface area contributed by atoms with E-state index in [0.29, 0.717) is 18.2 Å². The largest absolute Gasteiger partial charge is 0.395 e. The van der Waals surface area contributed by atoms with Gasteiger partial charge in [0.15, 0.2) is 0 Å². The van der Waals surface area contributed by atoms with Crippen molar-refractivity contribution in [2.24, 2.45) is 5.41 Å². The fraction of sp³-hybridized carbons (Fsp3) is 0.625. The molecule has 1 atom stereocenters. The lowest BCUT2D eigenvalue weighted by atomic mass is 9.86. The number of fused-ring (bicyclic) bond motifs is 1. The Morgan fingerprint density at radius 1 is 1.27 bits per heavy atom. The summed E-state index contributed by atoms with van der Waals surface area (Å²) >= 11 is 1.65. The van der Waals surface area contributed by atoms with Crippen LogP contribution in [0.3, 0.4) is 0 Å². The summed E-state index contributed by atoms with van der Waals surface area (Å²) in [6, 6.07) is 0.0415. The van der Waals surface area contributed by atoms with E-state index in [1.54, 1.807) is 11.3 Å². The van der Waals surface area contributed by atoms with E-state index < -0.39 is 0 Å². The van der Waals surface area contributed by atoms with Gasteiger partial charge in [-0.15, -0.1) is 11.3 Å². The third-order valence-corrected chi connectivity index (χ3v) is 5.30. The predicted octanol–water partition coefficient (Wildman–Crippen LogP) is 2.73. The van der Waals surface area contributed by atoms with Crippen LogP contribution >= 0.6 is 11.3 Å². The standard InChI is InChI=1S/C16H26N4OS/c1-9-10(2)22-15-13(9)14(17)18-12(19-15)7-20(6)11(8-21)16(3,4)5/h11,21H,7-8H2,1-6H3,(H2,17,18,19). The molecule has 0 fully saturated rings. The van der Waals surface area contributed by atoms with Gasteiger partial charge in [-0.25, -0.2) is 9.97 Å². The number of aliphatic hydroxyl groups excluding tert-OH is 1. The van der Waals surface area contributed by atoms with Gasteiger partial charge in [-0.1, -0.05) is 20.8 Å². The maximum absolute atomic E-state index is 9.67. The Balaban J connectivity index is 2.32. The number of anilines is 1. The van der Waals surface area contributed by atoms with Crippen LogP contribution in [0.5, 0.6) is 0 Å². The van der Waals surface area contributed by atoms with Gasteiger partial charge in [0.2, 0.25) is 0 Å². The number of likely N-dealkylation sites (N-methyl/N-ethyl adjacent to an activating group) is 1. The van der Waals surface area contributed by atoms with Gasteiger partial charge in [0.25, 0.3) is 0 Å². The van der Waals surface area contributed by atoms with Crippen molar-refractivity contribution in [3.63, 3.8) is 0 Å². The maximum Gasteiger partial charge on any atom is 0.146 e. The number of nitrogen functional groups attached to an aromatic ring is 1. The second kappa shape index (κ2) is 6.10. The first kappa shape index (κ1) is 17.1. The van der Waals surface area contributed by atoms with Crippen LogP contribution in [0.25, 0.3) is 10.2 Å². The average Bonchev–Trinajstić information content (AvgIpc) is 2.63. The Labute approximate surface area is 136 Å². The van der Waals surface area contributed by atoms with Crippen LogP contribution in [0, 0.1) is 19.3 Å². The number of thiophene rings is 1. The fourth-order valence-electron chi connectivity index (χ4n) is 2.80. The highest BCUT2D eigenvalue weighted by atomic mass is 32.1. The summed E-state index contributed by atoms with van der Waals surface area (Å²) in [6.45, 7) is 11.2. The molecule has 3 N–H and O–H groups in total. The van der Waals surface area contributed by atoms with E-state index >= 15 is 0 Å². The number of aliphatic hydroxyl groups is 1. The lowest BCUT2D eigenvalue weighted by Crippen LogP contribution is -2.44. The van der Waals surface area contributed by atoms with Crippen LogP contribution in [0.2, 0.25) is 0 Å². The summed E-state index contributed by atoms with van der Waals surface area (Å²) in [5, 5.41) is 10.6. The van der Waals surface area contributed by atoms with E-state index in [4.69, 9.17) is 5.73 Å². The molecule has 2 heterocycles. The molecule has 0 saturated carbocycles. The molecule has 122 valence electrons. The zero-order valence-corrected chi connectivity index (χ0v) is 15.1. The minimum Gasteiger partial charge on any atom is -0.395 e. The molecule has 22 heavy (non-hydrogen) atoms. The zero-order chi connectivity index (χ0) is 16.7. The highest BCUT2D eigenvalue weighted by Gasteiger charge is 2.28. The Hall–Kier alpha value is -1.24. The number of aromatic nitrogens is 2.